The number of rotatable bonds is 8. The van der Waals surface area contributed by atoms with Crippen LogP contribution >= 0.6 is 0 Å². The fourth-order valence-electron chi connectivity index (χ4n) is 2.29. The Morgan fingerprint density at radius 1 is 1.00 bits per heavy atom. The van der Waals surface area contributed by atoms with Crippen molar-refractivity contribution in [3.8, 4) is 5.75 Å². The first-order valence-corrected chi connectivity index (χ1v) is 8.32. The molecule has 132 valence electrons. The van der Waals surface area contributed by atoms with E-state index in [2.05, 4.69) is 19.2 Å². The summed E-state index contributed by atoms with van der Waals surface area (Å²) in [6.45, 7) is 3.62. The lowest BCUT2D eigenvalue weighted by Gasteiger charge is -2.15. The topological polar surface area (TPSA) is 64.6 Å². The maximum Gasteiger partial charge on any atom is 0.344 e. The molecule has 0 saturated carbocycles. The minimum Gasteiger partial charge on any atom is -0.482 e. The molecule has 5 nitrogen and oxygen atoms in total. The average molecular weight is 341 g/mol. The highest BCUT2D eigenvalue weighted by atomic mass is 16.6. The molecule has 1 atom stereocenters. The Labute approximate surface area is 148 Å². The van der Waals surface area contributed by atoms with Crippen molar-refractivity contribution in [2.75, 3.05) is 18.5 Å². The van der Waals surface area contributed by atoms with Gasteiger partial charge in [0.25, 0.3) is 5.91 Å². The van der Waals surface area contributed by atoms with Crippen LogP contribution in [0.15, 0.2) is 54.6 Å². The molecule has 0 aliphatic carbocycles. The van der Waals surface area contributed by atoms with Crippen molar-refractivity contribution in [1.82, 2.24) is 0 Å². The third-order valence-corrected chi connectivity index (χ3v) is 3.84. The molecule has 0 bridgehead atoms. The second-order valence-corrected chi connectivity index (χ2v) is 5.71. The third-order valence-electron chi connectivity index (χ3n) is 3.84. The first-order valence-electron chi connectivity index (χ1n) is 8.32. The molecule has 0 aliphatic rings. The Morgan fingerprint density at radius 3 is 2.40 bits per heavy atom. The van der Waals surface area contributed by atoms with Crippen molar-refractivity contribution < 1.29 is 19.1 Å². The first-order chi connectivity index (χ1) is 12.1. The third kappa shape index (κ3) is 5.95. The highest BCUT2D eigenvalue weighted by molar-refractivity contribution is 5.93. The number of benzene rings is 2. The van der Waals surface area contributed by atoms with Crippen molar-refractivity contribution in [3.05, 3.63) is 60.2 Å². The fraction of sp³-hybridized carbons (Fsp3) is 0.300. The van der Waals surface area contributed by atoms with Crippen LogP contribution in [-0.4, -0.2) is 25.1 Å². The van der Waals surface area contributed by atoms with Crippen LogP contribution in [0.5, 0.6) is 5.75 Å². The van der Waals surface area contributed by atoms with Gasteiger partial charge in [0, 0.05) is 5.69 Å². The van der Waals surface area contributed by atoms with Crippen LogP contribution in [0, 0.1) is 0 Å². The maximum atomic E-state index is 12.0. The summed E-state index contributed by atoms with van der Waals surface area (Å²) in [5.74, 6) is -0.0530. The molecule has 0 aliphatic heterocycles. The number of hydrogen-bond acceptors (Lipinski definition) is 4. The molecule has 0 fully saturated rings. The molecule has 2 aromatic carbocycles. The van der Waals surface area contributed by atoms with E-state index in [9.17, 15) is 9.59 Å². The monoisotopic (exact) mass is 341 g/mol. The van der Waals surface area contributed by atoms with E-state index >= 15 is 0 Å². The Bertz CT molecular complexity index is 700. The molecule has 1 amide bonds. The van der Waals surface area contributed by atoms with Crippen LogP contribution in [0.2, 0.25) is 0 Å². The minimum atomic E-state index is -0.589. The highest BCUT2D eigenvalue weighted by Crippen LogP contribution is 2.26. The number of amides is 1. The number of nitrogens with one attached hydrogen (secondary N) is 1. The van der Waals surface area contributed by atoms with Crippen molar-refractivity contribution in [1.29, 1.82) is 0 Å². The van der Waals surface area contributed by atoms with E-state index < -0.39 is 5.97 Å². The molecule has 0 spiro atoms. The van der Waals surface area contributed by atoms with Crippen molar-refractivity contribution in [2.24, 2.45) is 0 Å². The van der Waals surface area contributed by atoms with Crippen LogP contribution in [0.3, 0.4) is 0 Å². The number of esters is 1. The summed E-state index contributed by atoms with van der Waals surface area (Å²) in [6, 6.07) is 16.6. The van der Waals surface area contributed by atoms with E-state index in [-0.39, 0.29) is 19.1 Å². The second kappa shape index (κ2) is 9.47. The number of carbonyl (C=O) groups excluding carboxylic acids is 2. The van der Waals surface area contributed by atoms with Crippen LogP contribution in [0.4, 0.5) is 5.69 Å². The number of anilines is 1. The normalized spacial score (nSPS) is 11.4. The molecule has 0 radical (unpaired) electrons. The molecule has 0 heterocycles. The van der Waals surface area contributed by atoms with Gasteiger partial charge in [0.15, 0.2) is 13.2 Å². The van der Waals surface area contributed by atoms with Gasteiger partial charge in [-0.05, 0) is 36.1 Å². The van der Waals surface area contributed by atoms with Crippen LogP contribution in [0.25, 0.3) is 0 Å². The fourth-order valence-corrected chi connectivity index (χ4v) is 2.29. The second-order valence-electron chi connectivity index (χ2n) is 5.71. The Hall–Kier alpha value is -2.82. The molecule has 25 heavy (non-hydrogen) atoms. The van der Waals surface area contributed by atoms with Gasteiger partial charge in [-0.25, -0.2) is 4.79 Å². The zero-order valence-corrected chi connectivity index (χ0v) is 14.5. The van der Waals surface area contributed by atoms with E-state index in [1.807, 2.05) is 42.5 Å². The maximum absolute atomic E-state index is 12.0. The number of carbonyl (C=O) groups is 2. The van der Waals surface area contributed by atoms with Gasteiger partial charge in [-0.2, -0.15) is 0 Å². The van der Waals surface area contributed by atoms with Gasteiger partial charge in [0.05, 0.1) is 0 Å². The van der Waals surface area contributed by atoms with Gasteiger partial charge >= 0.3 is 5.97 Å². The summed E-state index contributed by atoms with van der Waals surface area (Å²) >= 11 is 0. The van der Waals surface area contributed by atoms with Crippen LogP contribution < -0.4 is 10.1 Å². The summed E-state index contributed by atoms with van der Waals surface area (Å²) < 4.78 is 10.2. The van der Waals surface area contributed by atoms with Crippen LogP contribution in [0.1, 0.15) is 31.7 Å². The van der Waals surface area contributed by atoms with E-state index in [1.165, 1.54) is 0 Å². The lowest BCUT2D eigenvalue weighted by molar-refractivity contribution is -0.149. The molecule has 0 aromatic heterocycles. The zero-order valence-electron chi connectivity index (χ0n) is 14.5. The first kappa shape index (κ1) is 18.5. The molecule has 2 aromatic rings. The van der Waals surface area contributed by atoms with Gasteiger partial charge < -0.3 is 14.8 Å². The van der Waals surface area contributed by atoms with Crippen molar-refractivity contribution in [2.45, 2.75) is 26.2 Å². The number of hydrogen-bond donors (Lipinski definition) is 1. The molecular weight excluding hydrogens is 318 g/mol. The highest BCUT2D eigenvalue weighted by Gasteiger charge is 2.13. The summed E-state index contributed by atoms with van der Waals surface area (Å²) in [5, 5.41) is 2.80. The molecular formula is C20H23NO4. The summed E-state index contributed by atoms with van der Waals surface area (Å²) in [6.07, 6.45) is 0.971. The Morgan fingerprint density at radius 2 is 1.68 bits per heavy atom. The molecule has 0 unspecified atom stereocenters. The number of para-hydroxylation sites is 2. The van der Waals surface area contributed by atoms with Gasteiger partial charge in [-0.3, -0.25) is 4.79 Å². The Balaban J connectivity index is 1.80. The SMILES string of the molecule is CC[C@H](C)c1ccccc1NC(=O)COC(=O)COc1ccccc1. The van der Waals surface area contributed by atoms with Crippen molar-refractivity contribution in [3.63, 3.8) is 0 Å². The lowest BCUT2D eigenvalue weighted by atomic mass is 9.97. The summed E-state index contributed by atoms with van der Waals surface area (Å²) in [7, 11) is 0. The zero-order chi connectivity index (χ0) is 18.1. The lowest BCUT2D eigenvalue weighted by Crippen LogP contribution is -2.24. The van der Waals surface area contributed by atoms with Crippen LogP contribution in [-0.2, 0) is 14.3 Å². The average Bonchev–Trinajstić information content (AvgIpc) is 2.65. The smallest absolute Gasteiger partial charge is 0.344 e. The summed E-state index contributed by atoms with van der Waals surface area (Å²) in [4.78, 5) is 23.7. The minimum absolute atomic E-state index is 0.235. The van der Waals surface area contributed by atoms with Gasteiger partial charge in [0.1, 0.15) is 5.75 Å². The molecule has 2 rings (SSSR count). The molecule has 0 saturated heterocycles. The van der Waals surface area contributed by atoms with Crippen molar-refractivity contribution >= 4 is 17.6 Å². The van der Waals surface area contributed by atoms with E-state index in [0.717, 1.165) is 17.7 Å². The van der Waals surface area contributed by atoms with E-state index in [0.29, 0.717) is 11.7 Å². The summed E-state index contributed by atoms with van der Waals surface area (Å²) in [5.41, 5.74) is 1.82. The van der Waals surface area contributed by atoms with E-state index in [1.54, 1.807) is 12.1 Å². The van der Waals surface area contributed by atoms with Gasteiger partial charge in [0.2, 0.25) is 0 Å². The number of ether oxygens (including phenoxy) is 2. The van der Waals surface area contributed by atoms with Gasteiger partial charge in [-0.1, -0.05) is 50.2 Å². The molecule has 5 heteroatoms. The predicted octanol–water partition coefficient (Wildman–Crippen LogP) is 3.76. The van der Waals surface area contributed by atoms with E-state index in [4.69, 9.17) is 9.47 Å². The predicted molar refractivity (Wildman–Crippen MR) is 96.7 cm³/mol. The standard InChI is InChI=1S/C20H23NO4/c1-3-15(2)17-11-7-8-12-18(17)21-19(22)13-25-20(23)14-24-16-9-5-4-6-10-16/h4-12,15H,3,13-14H2,1-2H3,(H,21,22)/t15-/m0/s1. The quantitative estimate of drug-likeness (QED) is 0.743. The van der Waals surface area contributed by atoms with Gasteiger partial charge in [-0.15, -0.1) is 0 Å². The largest absolute Gasteiger partial charge is 0.482 e. The Kier molecular flexibility index (Phi) is 7.01. The molecule has 1 N–H and O–H groups in total.